The molecule has 0 radical (unpaired) electrons. The number of methoxy groups -OCH3 is 1. The highest BCUT2D eigenvalue weighted by Gasteiger charge is 2.21. The number of ether oxygens (including phenoxy) is 1. The minimum absolute atomic E-state index is 0.0626. The molecule has 0 aromatic heterocycles. The molecule has 0 saturated heterocycles. The molecular formula is C17H19NO4S. The number of carbonyl (C=O) groups is 1. The van der Waals surface area contributed by atoms with Gasteiger partial charge in [-0.2, -0.15) is 0 Å². The van der Waals surface area contributed by atoms with E-state index >= 15 is 0 Å². The van der Waals surface area contributed by atoms with Crippen molar-refractivity contribution >= 4 is 21.5 Å². The van der Waals surface area contributed by atoms with E-state index in [1.807, 2.05) is 0 Å². The first-order valence-corrected chi connectivity index (χ1v) is 8.52. The summed E-state index contributed by atoms with van der Waals surface area (Å²) >= 11 is 0. The number of aryl methyl sites for hydroxylation is 2. The van der Waals surface area contributed by atoms with Gasteiger partial charge in [-0.05, 0) is 50.1 Å². The second-order valence-electron chi connectivity index (χ2n) is 5.35. The lowest BCUT2D eigenvalue weighted by molar-refractivity contribution is 0.101. The normalized spacial score (nSPS) is 11.1. The number of sulfonamides is 1. The summed E-state index contributed by atoms with van der Waals surface area (Å²) in [6, 6.07) is 9.86. The summed E-state index contributed by atoms with van der Waals surface area (Å²) in [5.74, 6) is 0.141. The zero-order chi connectivity index (χ0) is 17.2. The molecule has 1 N–H and O–H groups in total. The minimum atomic E-state index is -3.83. The monoisotopic (exact) mass is 333 g/mol. The first kappa shape index (κ1) is 17.0. The van der Waals surface area contributed by atoms with Crippen molar-refractivity contribution in [1.82, 2.24) is 0 Å². The SMILES string of the molecule is COc1ccc(C)cc1S(=O)(=O)Nc1cc(C(C)=O)ccc1C. The Hall–Kier alpha value is -2.34. The molecule has 0 saturated carbocycles. The van der Waals surface area contributed by atoms with Crippen molar-refractivity contribution in [2.24, 2.45) is 0 Å². The van der Waals surface area contributed by atoms with Gasteiger partial charge in [-0.25, -0.2) is 8.42 Å². The van der Waals surface area contributed by atoms with Crippen LogP contribution in [0.3, 0.4) is 0 Å². The van der Waals surface area contributed by atoms with E-state index in [4.69, 9.17) is 4.74 Å². The Morgan fingerprint density at radius 2 is 1.78 bits per heavy atom. The van der Waals surface area contributed by atoms with Crippen LogP contribution in [-0.2, 0) is 10.0 Å². The highest BCUT2D eigenvalue weighted by molar-refractivity contribution is 7.92. The number of Topliss-reactive ketones (excluding diaryl/α,β-unsaturated/α-hetero) is 1. The molecule has 0 amide bonds. The van der Waals surface area contributed by atoms with Gasteiger partial charge < -0.3 is 4.74 Å². The maximum atomic E-state index is 12.7. The Morgan fingerprint density at radius 1 is 1.09 bits per heavy atom. The molecule has 6 heteroatoms. The molecule has 2 rings (SSSR count). The largest absolute Gasteiger partial charge is 0.495 e. The molecule has 0 spiro atoms. The Bertz CT molecular complexity index is 857. The fourth-order valence-electron chi connectivity index (χ4n) is 2.14. The average molecular weight is 333 g/mol. The van der Waals surface area contributed by atoms with Gasteiger partial charge in [-0.3, -0.25) is 9.52 Å². The van der Waals surface area contributed by atoms with Crippen LogP contribution in [0.5, 0.6) is 5.75 Å². The summed E-state index contributed by atoms with van der Waals surface area (Å²) in [6.45, 7) is 5.02. The Labute approximate surface area is 136 Å². The molecule has 0 bridgehead atoms. The van der Waals surface area contributed by atoms with Crippen LogP contribution in [0, 0.1) is 13.8 Å². The van der Waals surface area contributed by atoms with Crippen molar-refractivity contribution in [2.75, 3.05) is 11.8 Å². The zero-order valence-corrected chi connectivity index (χ0v) is 14.3. The Balaban J connectivity index is 2.49. The van der Waals surface area contributed by atoms with Gasteiger partial charge in [0.2, 0.25) is 0 Å². The molecule has 0 aliphatic heterocycles. The Morgan fingerprint density at radius 3 is 2.39 bits per heavy atom. The van der Waals surface area contributed by atoms with Gasteiger partial charge in [-0.1, -0.05) is 18.2 Å². The highest BCUT2D eigenvalue weighted by Crippen LogP contribution is 2.28. The third kappa shape index (κ3) is 3.71. The van der Waals surface area contributed by atoms with E-state index in [0.717, 1.165) is 11.1 Å². The molecule has 5 nitrogen and oxygen atoms in total. The van der Waals surface area contributed by atoms with Gasteiger partial charge in [-0.15, -0.1) is 0 Å². The number of benzene rings is 2. The number of ketones is 1. The third-order valence-corrected chi connectivity index (χ3v) is 4.88. The Kier molecular flexibility index (Phi) is 4.75. The first-order chi connectivity index (χ1) is 10.7. The lowest BCUT2D eigenvalue weighted by Crippen LogP contribution is -2.15. The van der Waals surface area contributed by atoms with Crippen molar-refractivity contribution in [3.05, 3.63) is 53.1 Å². The van der Waals surface area contributed by atoms with Gasteiger partial charge in [0, 0.05) is 5.56 Å². The van der Waals surface area contributed by atoms with E-state index in [1.165, 1.54) is 20.1 Å². The molecule has 122 valence electrons. The van der Waals surface area contributed by atoms with E-state index in [9.17, 15) is 13.2 Å². The molecule has 0 unspecified atom stereocenters. The average Bonchev–Trinajstić information content (AvgIpc) is 2.49. The van der Waals surface area contributed by atoms with Crippen LogP contribution < -0.4 is 9.46 Å². The van der Waals surface area contributed by atoms with E-state index < -0.39 is 10.0 Å². The van der Waals surface area contributed by atoms with Crippen LogP contribution in [0.1, 0.15) is 28.4 Å². The number of anilines is 1. The van der Waals surface area contributed by atoms with Crippen LogP contribution >= 0.6 is 0 Å². The van der Waals surface area contributed by atoms with E-state index in [2.05, 4.69) is 4.72 Å². The van der Waals surface area contributed by atoms with Crippen LogP contribution in [-0.4, -0.2) is 21.3 Å². The van der Waals surface area contributed by atoms with Gasteiger partial charge in [0.15, 0.2) is 5.78 Å². The molecule has 0 heterocycles. The fraction of sp³-hybridized carbons (Fsp3) is 0.235. The number of nitrogens with one attached hydrogen (secondary N) is 1. The zero-order valence-electron chi connectivity index (χ0n) is 13.5. The lowest BCUT2D eigenvalue weighted by Gasteiger charge is -2.14. The molecule has 0 aliphatic carbocycles. The summed E-state index contributed by atoms with van der Waals surface area (Å²) in [6.07, 6.45) is 0. The molecule has 2 aromatic carbocycles. The van der Waals surface area contributed by atoms with Gasteiger partial charge in [0.25, 0.3) is 10.0 Å². The van der Waals surface area contributed by atoms with Crippen LogP contribution in [0.4, 0.5) is 5.69 Å². The number of hydrogen-bond donors (Lipinski definition) is 1. The molecule has 0 fully saturated rings. The molecule has 0 aliphatic rings. The predicted molar refractivity (Wildman–Crippen MR) is 89.7 cm³/mol. The quantitative estimate of drug-likeness (QED) is 0.852. The summed E-state index contributed by atoms with van der Waals surface area (Å²) in [4.78, 5) is 11.6. The molecular weight excluding hydrogens is 314 g/mol. The van der Waals surface area contributed by atoms with Crippen LogP contribution in [0.15, 0.2) is 41.3 Å². The van der Waals surface area contributed by atoms with Crippen molar-refractivity contribution in [3.63, 3.8) is 0 Å². The minimum Gasteiger partial charge on any atom is -0.495 e. The topological polar surface area (TPSA) is 72.5 Å². The first-order valence-electron chi connectivity index (χ1n) is 7.03. The summed E-state index contributed by atoms with van der Waals surface area (Å²) < 4.78 is 33.1. The van der Waals surface area contributed by atoms with Gasteiger partial charge >= 0.3 is 0 Å². The van der Waals surface area contributed by atoms with E-state index in [1.54, 1.807) is 44.2 Å². The standard InChI is InChI=1S/C17H19NO4S/c1-11-5-8-16(22-4)17(9-11)23(20,21)18-15-10-14(13(3)19)7-6-12(15)2/h5-10,18H,1-4H3. The number of rotatable bonds is 5. The molecule has 23 heavy (non-hydrogen) atoms. The summed E-state index contributed by atoms with van der Waals surface area (Å²) in [5, 5.41) is 0. The summed E-state index contributed by atoms with van der Waals surface area (Å²) in [7, 11) is -2.41. The van der Waals surface area contributed by atoms with Crippen LogP contribution in [0.2, 0.25) is 0 Å². The smallest absolute Gasteiger partial charge is 0.265 e. The second kappa shape index (κ2) is 6.42. The van der Waals surface area contributed by atoms with E-state index in [-0.39, 0.29) is 16.4 Å². The summed E-state index contributed by atoms with van der Waals surface area (Å²) in [5.41, 5.74) is 2.36. The molecule has 2 aromatic rings. The fourth-order valence-corrected chi connectivity index (χ4v) is 3.52. The number of hydrogen-bond acceptors (Lipinski definition) is 4. The van der Waals surface area contributed by atoms with Crippen molar-refractivity contribution in [1.29, 1.82) is 0 Å². The second-order valence-corrected chi connectivity index (χ2v) is 7.00. The highest BCUT2D eigenvalue weighted by atomic mass is 32.2. The maximum absolute atomic E-state index is 12.7. The predicted octanol–water partition coefficient (Wildman–Crippen LogP) is 3.32. The lowest BCUT2D eigenvalue weighted by atomic mass is 10.1. The van der Waals surface area contributed by atoms with Gasteiger partial charge in [0.05, 0.1) is 12.8 Å². The molecule has 0 atom stereocenters. The van der Waals surface area contributed by atoms with E-state index in [0.29, 0.717) is 11.3 Å². The third-order valence-electron chi connectivity index (χ3n) is 3.50. The number of carbonyl (C=O) groups excluding carboxylic acids is 1. The van der Waals surface area contributed by atoms with Crippen molar-refractivity contribution in [3.8, 4) is 5.75 Å². The van der Waals surface area contributed by atoms with Gasteiger partial charge in [0.1, 0.15) is 10.6 Å². The van der Waals surface area contributed by atoms with Crippen molar-refractivity contribution < 1.29 is 17.9 Å². The maximum Gasteiger partial charge on any atom is 0.265 e. The van der Waals surface area contributed by atoms with Crippen LogP contribution in [0.25, 0.3) is 0 Å². The van der Waals surface area contributed by atoms with Crippen molar-refractivity contribution in [2.45, 2.75) is 25.7 Å².